The number of para-hydroxylation sites is 1. The molecule has 0 radical (unpaired) electrons. The van der Waals surface area contributed by atoms with Gasteiger partial charge in [0.1, 0.15) is 5.01 Å². The van der Waals surface area contributed by atoms with E-state index < -0.39 is 0 Å². The highest BCUT2D eigenvalue weighted by atomic mass is 32.1. The number of aromatic nitrogens is 1. The van der Waals surface area contributed by atoms with Crippen LogP contribution in [0.25, 0.3) is 10.2 Å². The molecule has 0 saturated carbocycles. The molecule has 3 amide bonds. The smallest absolute Gasteiger partial charge is 0.229 e. The number of nitrogens with zero attached hydrogens (tertiary/aromatic N) is 3. The monoisotopic (exact) mass is 357 g/mol. The molecule has 0 spiro atoms. The van der Waals surface area contributed by atoms with Gasteiger partial charge in [0.2, 0.25) is 17.7 Å². The van der Waals surface area contributed by atoms with E-state index in [0.717, 1.165) is 28.1 Å². The highest BCUT2D eigenvalue weighted by molar-refractivity contribution is 7.18. The summed E-state index contributed by atoms with van der Waals surface area (Å²) in [7, 11) is 0. The fourth-order valence-corrected chi connectivity index (χ4v) is 4.69. The van der Waals surface area contributed by atoms with E-state index in [2.05, 4.69) is 0 Å². The van der Waals surface area contributed by atoms with Gasteiger partial charge in [0.25, 0.3) is 0 Å². The predicted octanol–water partition coefficient (Wildman–Crippen LogP) is 2.50. The Labute approximate surface area is 149 Å². The number of hydrogen-bond acceptors (Lipinski definition) is 5. The summed E-state index contributed by atoms with van der Waals surface area (Å²) < 4.78 is 1.13. The van der Waals surface area contributed by atoms with E-state index in [1.54, 1.807) is 11.3 Å². The highest BCUT2D eigenvalue weighted by Crippen LogP contribution is 2.36. The number of fused-ring (bicyclic) bond motifs is 1. The Morgan fingerprint density at radius 2 is 1.96 bits per heavy atom. The average Bonchev–Trinajstić information content (AvgIpc) is 3.31. The molecule has 4 rings (SSSR count). The van der Waals surface area contributed by atoms with Crippen molar-refractivity contribution >= 4 is 39.3 Å². The third-order valence-electron chi connectivity index (χ3n) is 4.87. The average molecular weight is 357 g/mol. The lowest BCUT2D eigenvalue weighted by Crippen LogP contribution is -2.36. The lowest BCUT2D eigenvalue weighted by molar-refractivity contribution is -0.139. The highest BCUT2D eigenvalue weighted by Gasteiger charge is 2.34. The number of carbonyl (C=O) groups excluding carboxylic acids is 3. The number of thiazole rings is 1. The van der Waals surface area contributed by atoms with E-state index in [0.29, 0.717) is 6.54 Å². The van der Waals surface area contributed by atoms with Gasteiger partial charge in [-0.2, -0.15) is 0 Å². The molecule has 2 aliphatic heterocycles. The normalized spacial score (nSPS) is 20.9. The Morgan fingerprint density at radius 3 is 2.72 bits per heavy atom. The first-order chi connectivity index (χ1) is 12.1. The quantitative estimate of drug-likeness (QED) is 0.788. The van der Waals surface area contributed by atoms with Crippen LogP contribution in [-0.2, 0) is 14.4 Å². The molecule has 0 aliphatic carbocycles. The zero-order valence-electron chi connectivity index (χ0n) is 13.8. The Morgan fingerprint density at radius 1 is 1.20 bits per heavy atom. The third-order valence-corrected chi connectivity index (χ3v) is 6.01. The largest absolute Gasteiger partial charge is 0.333 e. The Kier molecular flexibility index (Phi) is 4.25. The van der Waals surface area contributed by atoms with E-state index in [4.69, 9.17) is 4.98 Å². The van der Waals surface area contributed by atoms with Gasteiger partial charge < -0.3 is 4.90 Å². The minimum absolute atomic E-state index is 0.00532. The minimum Gasteiger partial charge on any atom is -0.333 e. The topological polar surface area (TPSA) is 70.6 Å². The lowest BCUT2D eigenvalue weighted by atomic mass is 10.2. The second-order valence-corrected chi connectivity index (χ2v) is 7.52. The van der Waals surface area contributed by atoms with Crippen LogP contribution in [0.3, 0.4) is 0 Å². The van der Waals surface area contributed by atoms with Crippen LogP contribution in [0.4, 0.5) is 0 Å². The van der Waals surface area contributed by atoms with Gasteiger partial charge in [0, 0.05) is 32.4 Å². The summed E-state index contributed by atoms with van der Waals surface area (Å²) in [4.78, 5) is 43.8. The van der Waals surface area contributed by atoms with E-state index >= 15 is 0 Å². The van der Waals surface area contributed by atoms with Crippen molar-refractivity contribution in [3.05, 3.63) is 29.3 Å². The fourth-order valence-electron chi connectivity index (χ4n) is 3.58. The fraction of sp³-hybridized carbons (Fsp3) is 0.444. The molecule has 1 aromatic carbocycles. The summed E-state index contributed by atoms with van der Waals surface area (Å²) in [6, 6.07) is 8.00. The van der Waals surface area contributed by atoms with Crippen LogP contribution in [-0.4, -0.2) is 45.6 Å². The number of hydrogen-bond donors (Lipinski definition) is 0. The summed E-state index contributed by atoms with van der Waals surface area (Å²) in [5, 5.41) is 0.973. The Balaban J connectivity index is 1.46. The van der Waals surface area contributed by atoms with Crippen LogP contribution in [0.15, 0.2) is 24.3 Å². The lowest BCUT2D eigenvalue weighted by Gasteiger charge is -2.24. The van der Waals surface area contributed by atoms with Crippen LogP contribution in [0.5, 0.6) is 0 Å². The second kappa shape index (κ2) is 6.55. The summed E-state index contributed by atoms with van der Waals surface area (Å²) in [6.07, 6.45) is 2.59. The third kappa shape index (κ3) is 3.04. The molecule has 3 heterocycles. The number of likely N-dealkylation sites (tertiary alicyclic amines) is 2. The van der Waals surface area contributed by atoms with Crippen LogP contribution in [0.2, 0.25) is 0 Å². The van der Waals surface area contributed by atoms with Crippen molar-refractivity contribution in [2.45, 2.75) is 38.1 Å². The number of carbonyl (C=O) groups is 3. The molecule has 1 atom stereocenters. The number of imide groups is 1. The van der Waals surface area contributed by atoms with E-state index in [1.165, 1.54) is 4.90 Å². The molecule has 0 N–H and O–H groups in total. The van der Waals surface area contributed by atoms with Crippen LogP contribution in [0.1, 0.15) is 43.2 Å². The number of benzene rings is 1. The van der Waals surface area contributed by atoms with Crippen LogP contribution >= 0.6 is 11.3 Å². The van der Waals surface area contributed by atoms with Gasteiger partial charge in [0.15, 0.2) is 0 Å². The molecule has 1 unspecified atom stereocenters. The second-order valence-electron chi connectivity index (χ2n) is 6.45. The molecule has 2 saturated heterocycles. The van der Waals surface area contributed by atoms with E-state index in [1.807, 2.05) is 29.2 Å². The molecule has 2 aromatic rings. The number of amides is 3. The molecule has 0 bridgehead atoms. The summed E-state index contributed by atoms with van der Waals surface area (Å²) in [5.41, 5.74) is 0.968. The molecular weight excluding hydrogens is 338 g/mol. The first kappa shape index (κ1) is 16.2. The van der Waals surface area contributed by atoms with Crippen molar-refractivity contribution in [1.82, 2.24) is 14.8 Å². The summed E-state index contributed by atoms with van der Waals surface area (Å²) in [5.74, 6) is -0.335. The van der Waals surface area contributed by atoms with Crippen LogP contribution < -0.4 is 0 Å². The summed E-state index contributed by atoms with van der Waals surface area (Å²) in [6.45, 7) is 0.904. The first-order valence-electron chi connectivity index (χ1n) is 8.61. The van der Waals surface area contributed by atoms with Crippen molar-refractivity contribution in [2.75, 3.05) is 13.1 Å². The van der Waals surface area contributed by atoms with Gasteiger partial charge in [-0.15, -0.1) is 11.3 Å². The maximum absolute atomic E-state index is 12.7. The first-order valence-corrected chi connectivity index (χ1v) is 9.43. The maximum atomic E-state index is 12.7. The van der Waals surface area contributed by atoms with Crippen molar-refractivity contribution in [1.29, 1.82) is 0 Å². The molecule has 6 nitrogen and oxygen atoms in total. The van der Waals surface area contributed by atoms with Gasteiger partial charge in [-0.05, 0) is 25.0 Å². The number of rotatable bonds is 4. The Bertz CT molecular complexity index is 798. The van der Waals surface area contributed by atoms with E-state index in [-0.39, 0.29) is 49.6 Å². The molecule has 1 aromatic heterocycles. The molecule has 7 heteroatoms. The van der Waals surface area contributed by atoms with Gasteiger partial charge in [-0.1, -0.05) is 12.1 Å². The van der Waals surface area contributed by atoms with E-state index in [9.17, 15) is 14.4 Å². The standard InChI is InChI=1S/C18H19N3O3S/c22-15-7-8-16(23)21(15)11-9-17(24)20-10-3-5-13(20)18-19-12-4-1-2-6-14(12)25-18/h1-2,4,6,13H,3,5,7-11H2. The zero-order valence-corrected chi connectivity index (χ0v) is 14.6. The molecule has 25 heavy (non-hydrogen) atoms. The SMILES string of the molecule is O=C1CCC(=O)N1CCC(=O)N1CCCC1c1nc2ccccc2s1. The van der Waals surface area contributed by atoms with Crippen LogP contribution in [0, 0.1) is 0 Å². The van der Waals surface area contributed by atoms with Crippen molar-refractivity contribution in [3.63, 3.8) is 0 Å². The minimum atomic E-state index is -0.165. The van der Waals surface area contributed by atoms with Gasteiger partial charge in [-0.3, -0.25) is 19.3 Å². The predicted molar refractivity (Wildman–Crippen MR) is 93.9 cm³/mol. The zero-order chi connectivity index (χ0) is 17.4. The molecule has 130 valence electrons. The van der Waals surface area contributed by atoms with Gasteiger partial charge >= 0.3 is 0 Å². The molecule has 2 fully saturated rings. The van der Waals surface area contributed by atoms with Crippen molar-refractivity contribution in [3.8, 4) is 0 Å². The molecular formula is C18H19N3O3S. The molecule has 2 aliphatic rings. The Hall–Kier alpha value is -2.28. The van der Waals surface area contributed by atoms with Gasteiger partial charge in [0.05, 0.1) is 16.3 Å². The van der Waals surface area contributed by atoms with Crippen molar-refractivity contribution in [2.24, 2.45) is 0 Å². The van der Waals surface area contributed by atoms with Crippen molar-refractivity contribution < 1.29 is 14.4 Å². The van der Waals surface area contributed by atoms with Gasteiger partial charge in [-0.25, -0.2) is 4.98 Å². The maximum Gasteiger partial charge on any atom is 0.229 e. The summed E-state index contributed by atoms with van der Waals surface area (Å²) >= 11 is 1.64.